The number of hydrogen-bond acceptors (Lipinski definition) is 21. The Hall–Kier alpha value is -10.0. The minimum absolute atomic E-state index is 0.0538. The van der Waals surface area contributed by atoms with Crippen LogP contribution in [-0.2, 0) is 88.0 Å². The Kier molecular flexibility index (Phi) is 32.0. The van der Waals surface area contributed by atoms with Gasteiger partial charge in [0.15, 0.2) is 11.6 Å². The minimum Gasteiger partial charge on any atom is -0.508 e. The lowest BCUT2D eigenvalue weighted by molar-refractivity contribution is -0.140. The SMILES string of the molecule is CN[C@@H](CC(=O)O)C(=O)C1CSCSCC(N[C@H](C(C)=O)[C@@H](C)O)C(=O)[C@H](Cc2c[nH]c3ccccc23)NC(=O)[C@H](C(C)C)NC(=O)[C@H](CC(C)C)NC(=O)[C@H](CCC(=O)O)NC(=O)CNC(=O)[C@H](Cc2ccc(O)cc2)NC(=O)[C@H](Cc2cnc[nH]2)NC(=O)[C@H](Cc2c[nH]c3ccccc23)NC(=O)[C@H](C)N1. The van der Waals surface area contributed by atoms with Crippen molar-refractivity contribution in [3.63, 3.8) is 0 Å². The first-order valence-electron chi connectivity index (χ1n) is 35.2. The number of aliphatic carboxylic acids is 2. The van der Waals surface area contributed by atoms with Crippen molar-refractivity contribution in [1.29, 1.82) is 0 Å². The summed E-state index contributed by atoms with van der Waals surface area (Å²) in [5.41, 5.74) is 3.26. The van der Waals surface area contributed by atoms with E-state index in [1.54, 1.807) is 76.5 Å². The number of H-pyrrole nitrogens is 3. The molecule has 107 heavy (non-hydrogen) atoms. The smallest absolute Gasteiger partial charge is 0.305 e. The molecule has 1 saturated heterocycles. The standard InChI is InChI=1S/C73H97N15O17S2/c1-37(2)23-54-72(104)88-63(38(3)4)73(105)83-53(25-43-29-76-49-15-11-9-13-47(43)49)66(98)59(82-64(40(6)89)41(7)90)34-107-36-106-33-58(65(97)52(74-8)28-62(95)96)80-39(5)67(99)84-56(26-44-30-77-50-16-12-10-14-48(44)50)70(102)87-57(27-45-31-75-35-79-45)71(103)86-55(24-42-17-19-46(91)20-18-42)68(100)78-32-60(92)81-51(69(101)85-54)21-22-61(93)94/h9-20,29-31,35,37-40,51-59,63-64,74,76-77,80,82,89,91H,21-28,32-34,36H2,1-8H3,(H,75,79)(H,78,100)(H,81,92)(H,83,105)(H,84,99)(H,85,101)(H,86,103)(H,87,102)(H,88,104)(H,93,94)(H,95,96)/t39-,40+,51-,52-,53-,54-,55-,56-,57-,58?,59?,63-,64-/m0/s1. The predicted octanol–water partition coefficient (Wildman–Crippen LogP) is 0.707. The molecule has 34 heteroatoms. The normalized spacial score (nSPS) is 23.3. The number of amides is 8. The summed E-state index contributed by atoms with van der Waals surface area (Å²) in [6.45, 7) is 9.88. The number of aliphatic hydroxyl groups is 1. The van der Waals surface area contributed by atoms with Gasteiger partial charge >= 0.3 is 11.9 Å². The van der Waals surface area contributed by atoms with Crippen LogP contribution >= 0.6 is 23.5 Å². The molecule has 7 rings (SSSR count). The molecule has 3 aromatic heterocycles. The molecule has 0 bridgehead atoms. The number of carboxylic acids is 2. The van der Waals surface area contributed by atoms with E-state index in [0.29, 0.717) is 44.2 Å². The molecule has 13 atom stereocenters. The lowest BCUT2D eigenvalue weighted by atomic mass is 9.95. The lowest BCUT2D eigenvalue weighted by Gasteiger charge is -2.31. The van der Waals surface area contributed by atoms with Crippen LogP contribution in [0.4, 0.5) is 0 Å². The second kappa shape index (κ2) is 40.6. The van der Waals surface area contributed by atoms with Crippen molar-refractivity contribution in [3.05, 3.63) is 120 Å². The molecular formula is C73H97N15O17S2. The van der Waals surface area contributed by atoms with Crippen LogP contribution in [0.2, 0.25) is 0 Å². The quantitative estimate of drug-likeness (QED) is 0.0420. The van der Waals surface area contributed by atoms with Gasteiger partial charge in [-0.15, -0.1) is 23.5 Å². The van der Waals surface area contributed by atoms with Gasteiger partial charge in [0, 0.05) is 94.8 Å². The Morgan fingerprint density at radius 2 is 1.17 bits per heavy atom. The Labute approximate surface area is 626 Å². The zero-order valence-electron chi connectivity index (χ0n) is 60.7. The van der Waals surface area contributed by atoms with E-state index in [1.165, 1.54) is 64.6 Å². The third-order valence-corrected chi connectivity index (χ3v) is 20.5. The number of rotatable bonds is 23. The van der Waals surface area contributed by atoms with Crippen molar-refractivity contribution in [2.45, 2.75) is 178 Å². The number of carbonyl (C=O) groups is 13. The van der Waals surface area contributed by atoms with Crippen molar-refractivity contribution in [2.24, 2.45) is 11.8 Å². The van der Waals surface area contributed by atoms with Gasteiger partial charge in [-0.1, -0.05) is 76.2 Å². The zero-order chi connectivity index (χ0) is 78.2. The van der Waals surface area contributed by atoms with Crippen LogP contribution in [0.3, 0.4) is 0 Å². The van der Waals surface area contributed by atoms with Gasteiger partial charge in [-0.25, -0.2) is 4.98 Å². The van der Waals surface area contributed by atoms with Gasteiger partial charge in [-0.05, 0) is 93.5 Å². The summed E-state index contributed by atoms with van der Waals surface area (Å²) < 4.78 is 0. The number of phenols is 1. The summed E-state index contributed by atoms with van der Waals surface area (Å²) in [5, 5.41) is 72.6. The number of para-hydroxylation sites is 2. The highest BCUT2D eigenvalue weighted by molar-refractivity contribution is 8.16. The molecular weight excluding hydrogens is 1420 g/mol. The molecule has 1 aliphatic rings. The van der Waals surface area contributed by atoms with Crippen LogP contribution in [0.15, 0.2) is 97.7 Å². The average Bonchev–Trinajstić information content (AvgIpc) is 1.64. The third-order valence-electron chi connectivity index (χ3n) is 18.1. The van der Waals surface area contributed by atoms with Crippen molar-refractivity contribution in [2.75, 3.05) is 30.2 Å². The summed E-state index contributed by atoms with van der Waals surface area (Å²) in [4.78, 5) is 198. The molecule has 18 N–H and O–H groups in total. The number of thioether (sulfide) groups is 2. The second-order valence-electron chi connectivity index (χ2n) is 27.3. The van der Waals surface area contributed by atoms with E-state index in [1.807, 2.05) is 12.1 Å². The summed E-state index contributed by atoms with van der Waals surface area (Å²) in [5.74, 6) is -13.3. The summed E-state index contributed by atoms with van der Waals surface area (Å²) in [6, 6.07) is 2.96. The Balaban J connectivity index is 1.30. The summed E-state index contributed by atoms with van der Waals surface area (Å²) >= 11 is 2.32. The fourth-order valence-electron chi connectivity index (χ4n) is 12.3. The van der Waals surface area contributed by atoms with Gasteiger partial charge in [-0.2, -0.15) is 0 Å². The third kappa shape index (κ3) is 25.3. The van der Waals surface area contributed by atoms with E-state index in [9.17, 15) is 73.2 Å². The van der Waals surface area contributed by atoms with E-state index in [4.69, 9.17) is 0 Å². The maximum atomic E-state index is 15.5. The number of phenolic OH excluding ortho intramolecular Hbond substituents is 1. The first kappa shape index (κ1) is 84.3. The number of Topliss-reactive ketones (excluding diaryl/α,β-unsaturated/α-hetero) is 3. The number of ketones is 3. The monoisotopic (exact) mass is 1520 g/mol. The zero-order valence-corrected chi connectivity index (χ0v) is 62.4. The Bertz CT molecular complexity index is 4090. The maximum absolute atomic E-state index is 15.5. The maximum Gasteiger partial charge on any atom is 0.305 e. The lowest BCUT2D eigenvalue weighted by Crippen LogP contribution is -2.61. The molecule has 0 aliphatic carbocycles. The van der Waals surface area contributed by atoms with Crippen LogP contribution in [0.1, 0.15) is 96.5 Å². The Morgan fingerprint density at radius 3 is 1.73 bits per heavy atom. The minimum atomic E-state index is -1.65. The van der Waals surface area contributed by atoms with Gasteiger partial charge in [0.25, 0.3) is 0 Å². The summed E-state index contributed by atoms with van der Waals surface area (Å²) in [6.07, 6.45) is 1.91. The molecule has 2 unspecified atom stereocenters. The van der Waals surface area contributed by atoms with Crippen LogP contribution in [-0.4, -0.2) is 226 Å². The van der Waals surface area contributed by atoms with Gasteiger partial charge < -0.3 is 83.2 Å². The van der Waals surface area contributed by atoms with Crippen molar-refractivity contribution < 1.29 is 82.8 Å². The van der Waals surface area contributed by atoms with Gasteiger partial charge in [0.2, 0.25) is 47.3 Å². The van der Waals surface area contributed by atoms with Crippen LogP contribution in [0.25, 0.3) is 21.8 Å². The van der Waals surface area contributed by atoms with Gasteiger partial charge in [0.1, 0.15) is 47.8 Å². The molecule has 1 aliphatic heterocycles. The predicted molar refractivity (Wildman–Crippen MR) is 400 cm³/mol. The molecule has 6 aromatic rings. The molecule has 0 saturated carbocycles. The number of nitrogens with one attached hydrogen (secondary N) is 14. The number of benzene rings is 3. The number of aromatic hydroxyl groups is 1. The number of aromatic nitrogens is 4. The average molecular weight is 1520 g/mol. The van der Waals surface area contributed by atoms with Crippen LogP contribution in [0.5, 0.6) is 5.75 Å². The molecule has 0 spiro atoms. The van der Waals surface area contributed by atoms with Crippen LogP contribution in [0, 0.1) is 11.8 Å². The number of hydrogen-bond donors (Lipinski definition) is 18. The number of carbonyl (C=O) groups excluding carboxylic acids is 11. The number of carboxylic acid groups (broad SMARTS) is 2. The molecule has 0 radical (unpaired) electrons. The fourth-order valence-corrected chi connectivity index (χ4v) is 14.6. The first-order valence-corrected chi connectivity index (χ1v) is 37.5. The summed E-state index contributed by atoms with van der Waals surface area (Å²) in [7, 11) is 1.40. The van der Waals surface area contributed by atoms with E-state index in [0.717, 1.165) is 23.5 Å². The number of fused-ring (bicyclic) bond motifs is 2. The molecule has 8 amide bonds. The largest absolute Gasteiger partial charge is 0.508 e. The molecule has 4 heterocycles. The number of aliphatic hydroxyl groups excluding tert-OH is 1. The highest BCUT2D eigenvalue weighted by Crippen LogP contribution is 2.24. The highest BCUT2D eigenvalue weighted by atomic mass is 32.2. The number of nitrogens with zero attached hydrogens (tertiary/aromatic N) is 1. The van der Waals surface area contributed by atoms with Gasteiger partial charge in [-0.3, -0.25) is 73.0 Å². The number of aromatic amines is 3. The molecule has 3 aromatic carbocycles. The topological polar surface area (TPSA) is 495 Å². The van der Waals surface area contributed by atoms with Crippen molar-refractivity contribution >= 4 is 122 Å². The number of imidazole rings is 1. The van der Waals surface area contributed by atoms with Crippen LogP contribution < -0.4 is 58.5 Å². The highest BCUT2D eigenvalue weighted by Gasteiger charge is 2.39. The fraction of sp³-hybridized carbons (Fsp3) is 0.479. The van der Waals surface area contributed by atoms with E-state index in [2.05, 4.69) is 78.4 Å². The molecule has 1 fully saturated rings. The second-order valence-corrected chi connectivity index (χ2v) is 29.7. The Morgan fingerprint density at radius 1 is 0.617 bits per heavy atom. The molecule has 578 valence electrons. The molecule has 32 nitrogen and oxygen atoms in total. The number of likely N-dealkylation sites (N-methyl/N-ethyl adjacent to an activating group) is 1. The van der Waals surface area contributed by atoms with E-state index >= 15 is 9.59 Å². The van der Waals surface area contributed by atoms with Gasteiger partial charge in [0.05, 0.1) is 61.6 Å². The van der Waals surface area contributed by atoms with E-state index in [-0.39, 0.29) is 60.4 Å². The van der Waals surface area contributed by atoms with Crippen molar-refractivity contribution in [1.82, 2.24) is 78.4 Å². The van der Waals surface area contributed by atoms with E-state index < -0.39 is 187 Å². The van der Waals surface area contributed by atoms with Crippen molar-refractivity contribution in [3.8, 4) is 5.75 Å². The first-order chi connectivity index (χ1) is 50.9.